The number of hydrogen-bond donors (Lipinski definition) is 2. The van der Waals surface area contributed by atoms with Crippen molar-refractivity contribution < 1.29 is 14.3 Å². The zero-order valence-corrected chi connectivity index (χ0v) is 17.4. The van der Waals surface area contributed by atoms with Gasteiger partial charge in [0.1, 0.15) is 22.7 Å². The summed E-state index contributed by atoms with van der Waals surface area (Å²) in [6.45, 7) is 4.52. The third-order valence-electron chi connectivity index (χ3n) is 5.94. The van der Waals surface area contributed by atoms with Crippen LogP contribution in [0.15, 0.2) is 42.7 Å². The minimum atomic E-state index is -0.686. The molecule has 2 heterocycles. The van der Waals surface area contributed by atoms with E-state index in [1.165, 1.54) is 0 Å². The van der Waals surface area contributed by atoms with E-state index in [1.807, 2.05) is 41.2 Å². The molecule has 2 aliphatic rings. The van der Waals surface area contributed by atoms with E-state index in [0.717, 1.165) is 24.2 Å². The Morgan fingerprint density at radius 3 is 2.86 bits per heavy atom. The predicted octanol–water partition coefficient (Wildman–Crippen LogP) is 3.14. The SMILES string of the molecule is COCC1(c2cccc(OC)c2)C=CNc2c(C(=O)NC(C)(C)C3CC3)cnn21. The van der Waals surface area contributed by atoms with Crippen molar-refractivity contribution in [1.29, 1.82) is 0 Å². The van der Waals surface area contributed by atoms with E-state index in [0.29, 0.717) is 23.9 Å². The highest BCUT2D eigenvalue weighted by atomic mass is 16.5. The monoisotopic (exact) mass is 396 g/mol. The van der Waals surface area contributed by atoms with Crippen molar-refractivity contribution >= 4 is 11.7 Å². The van der Waals surface area contributed by atoms with E-state index in [4.69, 9.17) is 9.47 Å². The van der Waals surface area contributed by atoms with Crippen molar-refractivity contribution in [2.75, 3.05) is 26.1 Å². The van der Waals surface area contributed by atoms with Crippen LogP contribution < -0.4 is 15.4 Å². The zero-order chi connectivity index (χ0) is 20.6. The highest BCUT2D eigenvalue weighted by molar-refractivity contribution is 5.99. The van der Waals surface area contributed by atoms with Crippen LogP contribution in [0.25, 0.3) is 0 Å². The van der Waals surface area contributed by atoms with Gasteiger partial charge in [0.05, 0.1) is 19.9 Å². The van der Waals surface area contributed by atoms with E-state index in [2.05, 4.69) is 29.6 Å². The van der Waals surface area contributed by atoms with Gasteiger partial charge in [0.15, 0.2) is 0 Å². The first kappa shape index (κ1) is 19.5. The molecule has 1 aromatic heterocycles. The normalized spacial score (nSPS) is 20.7. The molecule has 2 N–H and O–H groups in total. The number of benzene rings is 1. The van der Waals surface area contributed by atoms with Gasteiger partial charge in [-0.25, -0.2) is 4.68 Å². The Kier molecular flexibility index (Phi) is 4.86. The summed E-state index contributed by atoms with van der Waals surface area (Å²) < 4.78 is 12.8. The Bertz CT molecular complexity index is 945. The van der Waals surface area contributed by atoms with Crippen LogP contribution in [0.1, 0.15) is 42.6 Å². The van der Waals surface area contributed by atoms with Crippen LogP contribution in [0.3, 0.4) is 0 Å². The summed E-state index contributed by atoms with van der Waals surface area (Å²) in [5.41, 5.74) is 0.568. The van der Waals surface area contributed by atoms with E-state index in [-0.39, 0.29) is 11.4 Å². The van der Waals surface area contributed by atoms with Gasteiger partial charge >= 0.3 is 0 Å². The van der Waals surface area contributed by atoms with Crippen molar-refractivity contribution in [3.63, 3.8) is 0 Å². The molecule has 7 nitrogen and oxygen atoms in total. The fourth-order valence-corrected chi connectivity index (χ4v) is 4.08. The van der Waals surface area contributed by atoms with Crippen molar-refractivity contribution in [1.82, 2.24) is 15.1 Å². The summed E-state index contributed by atoms with van der Waals surface area (Å²) in [6, 6.07) is 7.82. The van der Waals surface area contributed by atoms with E-state index < -0.39 is 5.54 Å². The molecule has 154 valence electrons. The number of nitrogens with one attached hydrogen (secondary N) is 2. The molecule has 1 aliphatic heterocycles. The van der Waals surface area contributed by atoms with Crippen molar-refractivity contribution in [3.05, 3.63) is 53.9 Å². The summed E-state index contributed by atoms with van der Waals surface area (Å²) in [5, 5.41) is 11.0. The highest BCUT2D eigenvalue weighted by Gasteiger charge is 2.41. The summed E-state index contributed by atoms with van der Waals surface area (Å²) in [6.07, 6.45) is 7.79. The molecule has 1 unspecified atom stereocenters. The van der Waals surface area contributed by atoms with E-state index >= 15 is 0 Å². The molecular weight excluding hydrogens is 368 g/mol. The van der Waals surface area contributed by atoms with E-state index in [9.17, 15) is 4.79 Å². The molecule has 2 aromatic rings. The number of ether oxygens (including phenoxy) is 2. The molecule has 1 atom stereocenters. The first-order valence-electron chi connectivity index (χ1n) is 9.90. The molecule has 7 heteroatoms. The molecule has 0 radical (unpaired) electrons. The quantitative estimate of drug-likeness (QED) is 0.752. The van der Waals surface area contributed by atoms with Gasteiger partial charge in [-0.3, -0.25) is 4.79 Å². The zero-order valence-electron chi connectivity index (χ0n) is 17.4. The third-order valence-corrected chi connectivity index (χ3v) is 5.94. The number of carbonyl (C=O) groups is 1. The lowest BCUT2D eigenvalue weighted by Gasteiger charge is -2.35. The van der Waals surface area contributed by atoms with Crippen LogP contribution in [-0.2, 0) is 10.3 Å². The molecule has 0 bridgehead atoms. The standard InChI is InChI=1S/C22H28N4O3/c1-21(2,15-8-9-15)25-20(27)18-13-24-26-19(18)23-11-10-22(26,14-28-3)16-6-5-7-17(12-16)29-4/h5-7,10-13,15,23H,8-9,14H2,1-4H3,(H,25,27). The van der Waals surface area contributed by atoms with Crippen LogP contribution in [-0.4, -0.2) is 42.1 Å². The van der Waals surface area contributed by atoms with E-state index in [1.54, 1.807) is 20.4 Å². The number of amides is 1. The molecule has 1 saturated carbocycles. The van der Waals surface area contributed by atoms with Gasteiger partial charge in [-0.1, -0.05) is 12.1 Å². The van der Waals surface area contributed by atoms with Gasteiger partial charge in [-0.05, 0) is 56.4 Å². The number of nitrogens with zero attached hydrogens (tertiary/aromatic N) is 2. The third kappa shape index (κ3) is 3.40. The molecule has 1 fully saturated rings. The number of carbonyl (C=O) groups excluding carboxylic acids is 1. The second kappa shape index (κ2) is 7.22. The molecule has 4 rings (SSSR count). The Morgan fingerprint density at radius 1 is 1.38 bits per heavy atom. The molecule has 1 aromatic carbocycles. The van der Waals surface area contributed by atoms with Crippen molar-refractivity contribution in [2.24, 2.45) is 5.92 Å². The van der Waals surface area contributed by atoms with Crippen LogP contribution in [0.5, 0.6) is 5.75 Å². The predicted molar refractivity (Wildman–Crippen MR) is 111 cm³/mol. The van der Waals surface area contributed by atoms with Gasteiger partial charge in [0.2, 0.25) is 0 Å². The number of hydrogen-bond acceptors (Lipinski definition) is 5. The van der Waals surface area contributed by atoms with Gasteiger partial charge in [-0.15, -0.1) is 0 Å². The molecule has 1 aliphatic carbocycles. The first-order chi connectivity index (χ1) is 13.9. The summed E-state index contributed by atoms with van der Waals surface area (Å²) in [5.74, 6) is 1.82. The molecule has 0 spiro atoms. The highest BCUT2D eigenvalue weighted by Crippen LogP contribution is 2.40. The Labute approximate surface area is 171 Å². The largest absolute Gasteiger partial charge is 0.497 e. The Hall–Kier alpha value is -2.80. The van der Waals surface area contributed by atoms with Crippen LogP contribution in [0.4, 0.5) is 5.82 Å². The summed E-state index contributed by atoms with van der Waals surface area (Å²) >= 11 is 0. The average molecular weight is 396 g/mol. The van der Waals surface area contributed by atoms with Gasteiger partial charge in [-0.2, -0.15) is 5.10 Å². The van der Waals surface area contributed by atoms with Gasteiger partial charge in [0.25, 0.3) is 5.91 Å². The molecule has 29 heavy (non-hydrogen) atoms. The van der Waals surface area contributed by atoms with Crippen LogP contribution in [0.2, 0.25) is 0 Å². The Balaban J connectivity index is 1.73. The number of fused-ring (bicyclic) bond motifs is 1. The van der Waals surface area contributed by atoms with Gasteiger partial charge < -0.3 is 20.1 Å². The lowest BCUT2D eigenvalue weighted by Crippen LogP contribution is -2.45. The topological polar surface area (TPSA) is 77.4 Å². The van der Waals surface area contributed by atoms with Crippen LogP contribution >= 0.6 is 0 Å². The molecule has 1 amide bonds. The summed E-state index contributed by atoms with van der Waals surface area (Å²) in [7, 11) is 3.30. The fourth-order valence-electron chi connectivity index (χ4n) is 4.08. The number of rotatable bonds is 7. The number of aromatic nitrogens is 2. The maximum Gasteiger partial charge on any atom is 0.257 e. The Morgan fingerprint density at radius 2 is 2.17 bits per heavy atom. The molecule has 0 saturated heterocycles. The average Bonchev–Trinajstić information content (AvgIpc) is 3.48. The van der Waals surface area contributed by atoms with Gasteiger partial charge in [0, 0.05) is 18.8 Å². The summed E-state index contributed by atoms with van der Waals surface area (Å²) in [4.78, 5) is 13.1. The second-order valence-electron chi connectivity index (χ2n) is 8.34. The van der Waals surface area contributed by atoms with Crippen molar-refractivity contribution in [2.45, 2.75) is 37.8 Å². The lowest BCUT2D eigenvalue weighted by molar-refractivity contribution is 0.0903. The fraction of sp³-hybridized carbons (Fsp3) is 0.455. The minimum absolute atomic E-state index is 0.122. The maximum absolute atomic E-state index is 13.1. The lowest BCUT2D eigenvalue weighted by atomic mass is 9.89. The number of methoxy groups -OCH3 is 2. The maximum atomic E-state index is 13.1. The van der Waals surface area contributed by atoms with Crippen LogP contribution in [0, 0.1) is 5.92 Å². The molecular formula is C22H28N4O3. The second-order valence-corrected chi connectivity index (χ2v) is 8.34. The first-order valence-corrected chi connectivity index (χ1v) is 9.90. The minimum Gasteiger partial charge on any atom is -0.497 e. The number of anilines is 1. The smallest absolute Gasteiger partial charge is 0.257 e. The van der Waals surface area contributed by atoms with Crippen molar-refractivity contribution in [3.8, 4) is 5.75 Å².